The lowest BCUT2D eigenvalue weighted by Crippen LogP contribution is -2.27. The predicted molar refractivity (Wildman–Crippen MR) is 77.8 cm³/mol. The molecule has 20 heavy (non-hydrogen) atoms. The van der Waals surface area contributed by atoms with Gasteiger partial charge in [0.2, 0.25) is 5.91 Å². The maximum atomic E-state index is 11.8. The molecule has 0 spiro atoms. The first-order valence-electron chi connectivity index (χ1n) is 5.76. The molecule has 0 heterocycles. The van der Waals surface area contributed by atoms with Crippen LogP contribution in [-0.2, 0) is 9.53 Å². The summed E-state index contributed by atoms with van der Waals surface area (Å²) in [7, 11) is 0. The largest absolute Gasteiger partial charge is 0.478 e. The number of benzene rings is 1. The number of rotatable bonds is 4. The highest BCUT2D eigenvalue weighted by atomic mass is 35.5. The number of amides is 1. The van der Waals surface area contributed by atoms with Gasteiger partial charge in [0.15, 0.2) is 0 Å². The first-order chi connectivity index (χ1) is 9.10. The number of carboxylic acid groups (broad SMARTS) is 1. The van der Waals surface area contributed by atoms with Crippen molar-refractivity contribution >= 4 is 40.8 Å². The Morgan fingerprint density at radius 1 is 1.30 bits per heavy atom. The lowest BCUT2D eigenvalue weighted by Gasteiger charge is -2.19. The van der Waals surface area contributed by atoms with Gasteiger partial charge in [-0.3, -0.25) is 4.79 Å². The number of nitrogens with one attached hydrogen (secondary N) is 1. The van der Waals surface area contributed by atoms with E-state index in [1.165, 1.54) is 12.1 Å². The molecule has 0 aliphatic carbocycles. The third-order valence-electron chi connectivity index (χ3n) is 2.19. The summed E-state index contributed by atoms with van der Waals surface area (Å²) in [4.78, 5) is 22.9. The number of ether oxygens (including phenoxy) is 1. The average molecular weight is 320 g/mol. The third-order valence-corrected chi connectivity index (χ3v) is 2.70. The minimum atomic E-state index is -1.23. The van der Waals surface area contributed by atoms with Crippen LogP contribution < -0.4 is 5.32 Å². The summed E-state index contributed by atoms with van der Waals surface area (Å²) in [5.74, 6) is -1.73. The molecule has 0 atom stereocenters. The number of carboxylic acids is 1. The third kappa shape index (κ3) is 5.00. The van der Waals surface area contributed by atoms with Crippen molar-refractivity contribution in [3.05, 3.63) is 27.7 Å². The van der Waals surface area contributed by atoms with Gasteiger partial charge in [-0.05, 0) is 32.9 Å². The fraction of sp³-hybridized carbons (Fsp3) is 0.385. The summed E-state index contributed by atoms with van der Waals surface area (Å²) in [6.07, 6.45) is 0. The first-order valence-corrected chi connectivity index (χ1v) is 6.52. The van der Waals surface area contributed by atoms with Crippen molar-refractivity contribution in [3.8, 4) is 0 Å². The Morgan fingerprint density at radius 3 is 2.40 bits per heavy atom. The zero-order chi connectivity index (χ0) is 15.5. The molecule has 0 aliphatic heterocycles. The molecule has 1 aromatic rings. The standard InChI is InChI=1S/C13H15Cl2NO4/c1-13(2,3)20-6-10(17)16-11-8(12(18)19)4-7(14)5-9(11)15/h4-5H,6H2,1-3H3,(H,16,17)(H,18,19). The van der Waals surface area contributed by atoms with Crippen LogP contribution in [0.5, 0.6) is 0 Å². The van der Waals surface area contributed by atoms with Crippen LogP contribution in [0.3, 0.4) is 0 Å². The van der Waals surface area contributed by atoms with Gasteiger partial charge in [0.1, 0.15) is 6.61 Å². The molecule has 0 aromatic heterocycles. The van der Waals surface area contributed by atoms with E-state index in [4.69, 9.17) is 33.0 Å². The van der Waals surface area contributed by atoms with Gasteiger partial charge in [-0.25, -0.2) is 4.79 Å². The van der Waals surface area contributed by atoms with Crippen molar-refractivity contribution in [2.45, 2.75) is 26.4 Å². The normalized spacial score (nSPS) is 11.2. The van der Waals surface area contributed by atoms with Gasteiger partial charge in [0.05, 0.1) is 21.9 Å². The zero-order valence-corrected chi connectivity index (χ0v) is 12.8. The monoisotopic (exact) mass is 319 g/mol. The zero-order valence-electron chi connectivity index (χ0n) is 11.3. The van der Waals surface area contributed by atoms with Crippen molar-refractivity contribution in [3.63, 3.8) is 0 Å². The maximum Gasteiger partial charge on any atom is 0.337 e. The van der Waals surface area contributed by atoms with Gasteiger partial charge in [-0.15, -0.1) is 0 Å². The number of carbonyl (C=O) groups excluding carboxylic acids is 1. The van der Waals surface area contributed by atoms with Gasteiger partial charge in [-0.2, -0.15) is 0 Å². The summed E-state index contributed by atoms with van der Waals surface area (Å²) in [5, 5.41) is 11.7. The van der Waals surface area contributed by atoms with Crippen molar-refractivity contribution in [1.82, 2.24) is 0 Å². The highest BCUT2D eigenvalue weighted by molar-refractivity contribution is 6.37. The molecule has 1 amide bonds. The summed E-state index contributed by atoms with van der Waals surface area (Å²) >= 11 is 11.6. The second kappa shape index (κ2) is 6.43. The van der Waals surface area contributed by atoms with Gasteiger partial charge < -0.3 is 15.2 Å². The smallest absolute Gasteiger partial charge is 0.337 e. The molecule has 110 valence electrons. The molecule has 1 rings (SSSR count). The van der Waals surface area contributed by atoms with Gasteiger partial charge in [-0.1, -0.05) is 23.2 Å². The van der Waals surface area contributed by atoms with Crippen LogP contribution >= 0.6 is 23.2 Å². The lowest BCUT2D eigenvalue weighted by molar-refractivity contribution is -0.125. The van der Waals surface area contributed by atoms with E-state index in [-0.39, 0.29) is 27.9 Å². The van der Waals surface area contributed by atoms with Crippen LogP contribution in [0, 0.1) is 0 Å². The average Bonchev–Trinajstić information content (AvgIpc) is 2.28. The number of hydrogen-bond donors (Lipinski definition) is 2. The Bertz CT molecular complexity index is 538. The van der Waals surface area contributed by atoms with Gasteiger partial charge in [0.25, 0.3) is 0 Å². The fourth-order valence-corrected chi connectivity index (χ4v) is 1.87. The Balaban J connectivity index is 2.92. The molecular formula is C13H15Cl2NO4. The molecule has 0 radical (unpaired) electrons. The minimum Gasteiger partial charge on any atom is -0.478 e. The topological polar surface area (TPSA) is 75.6 Å². The Kier molecular flexibility index (Phi) is 5.39. The Morgan fingerprint density at radius 2 is 1.90 bits per heavy atom. The summed E-state index contributed by atoms with van der Waals surface area (Å²) < 4.78 is 5.30. The molecule has 7 heteroatoms. The first kappa shape index (κ1) is 16.8. The van der Waals surface area contributed by atoms with Crippen LogP contribution in [0.2, 0.25) is 10.0 Å². The molecule has 0 fully saturated rings. The molecule has 1 aromatic carbocycles. The van der Waals surface area contributed by atoms with E-state index < -0.39 is 17.5 Å². The van der Waals surface area contributed by atoms with E-state index in [1.54, 1.807) is 20.8 Å². The number of hydrogen-bond acceptors (Lipinski definition) is 3. The van der Waals surface area contributed by atoms with Gasteiger partial charge >= 0.3 is 5.97 Å². The van der Waals surface area contributed by atoms with E-state index in [2.05, 4.69) is 5.32 Å². The van der Waals surface area contributed by atoms with Crippen LogP contribution in [0.1, 0.15) is 31.1 Å². The molecule has 0 bridgehead atoms. The molecule has 0 saturated heterocycles. The highest BCUT2D eigenvalue weighted by Crippen LogP contribution is 2.30. The molecule has 0 unspecified atom stereocenters. The second-order valence-corrected chi connectivity index (χ2v) is 5.91. The Labute approximate surface area is 126 Å². The molecule has 0 aliphatic rings. The summed E-state index contributed by atoms with van der Waals surface area (Å²) in [6.45, 7) is 5.20. The quantitative estimate of drug-likeness (QED) is 0.891. The van der Waals surface area contributed by atoms with E-state index >= 15 is 0 Å². The van der Waals surface area contributed by atoms with E-state index in [9.17, 15) is 9.59 Å². The van der Waals surface area contributed by atoms with Crippen LogP contribution in [-0.4, -0.2) is 29.2 Å². The summed E-state index contributed by atoms with van der Waals surface area (Å²) in [6, 6.07) is 2.58. The number of carbonyl (C=O) groups is 2. The van der Waals surface area contributed by atoms with Gasteiger partial charge in [0, 0.05) is 5.02 Å². The summed E-state index contributed by atoms with van der Waals surface area (Å²) in [5.41, 5.74) is -0.644. The van der Waals surface area contributed by atoms with Crippen LogP contribution in [0.4, 0.5) is 5.69 Å². The number of halogens is 2. The molecule has 5 nitrogen and oxygen atoms in total. The lowest BCUT2D eigenvalue weighted by atomic mass is 10.1. The minimum absolute atomic E-state index is 0.00563. The predicted octanol–water partition coefficient (Wildman–Crippen LogP) is 3.45. The molecular weight excluding hydrogens is 305 g/mol. The molecule has 2 N–H and O–H groups in total. The number of aromatic carboxylic acids is 1. The van der Waals surface area contributed by atoms with Crippen molar-refractivity contribution < 1.29 is 19.4 Å². The van der Waals surface area contributed by atoms with Crippen LogP contribution in [0.25, 0.3) is 0 Å². The molecule has 0 saturated carbocycles. The van der Waals surface area contributed by atoms with E-state index in [1.807, 2.05) is 0 Å². The SMILES string of the molecule is CC(C)(C)OCC(=O)Nc1c(Cl)cc(Cl)cc1C(=O)O. The maximum absolute atomic E-state index is 11.8. The van der Waals surface area contributed by atoms with Crippen molar-refractivity contribution in [2.75, 3.05) is 11.9 Å². The second-order valence-electron chi connectivity index (χ2n) is 5.06. The van der Waals surface area contributed by atoms with Crippen molar-refractivity contribution in [2.24, 2.45) is 0 Å². The fourth-order valence-electron chi connectivity index (χ4n) is 1.33. The van der Waals surface area contributed by atoms with E-state index in [0.29, 0.717) is 0 Å². The van der Waals surface area contributed by atoms with Crippen molar-refractivity contribution in [1.29, 1.82) is 0 Å². The highest BCUT2D eigenvalue weighted by Gasteiger charge is 2.19. The number of anilines is 1. The van der Waals surface area contributed by atoms with E-state index in [0.717, 1.165) is 0 Å². The Hall–Kier alpha value is -1.30. The van der Waals surface area contributed by atoms with Crippen LogP contribution in [0.15, 0.2) is 12.1 Å².